The van der Waals surface area contributed by atoms with Crippen LogP contribution in [-0.4, -0.2) is 27.2 Å². The Labute approximate surface area is 167 Å². The summed E-state index contributed by atoms with van der Waals surface area (Å²) in [6.45, 7) is 2.47. The lowest BCUT2D eigenvalue weighted by molar-refractivity contribution is -0.122. The molecule has 1 N–H and O–H groups in total. The highest BCUT2D eigenvalue weighted by Crippen LogP contribution is 2.29. The standard InChI is InChI=1S/C21H24N4O2S/c1-14-19-18(23-20(28-19)16-10-6-3-7-11-16)21(27)25(24-14)13-17(26)22-12-15-8-4-2-5-9-15/h3,6-7,10-11,15H,2,4-5,8-9,12-13H2,1H3,(H,22,26). The Morgan fingerprint density at radius 2 is 1.96 bits per heavy atom. The van der Waals surface area contributed by atoms with Crippen LogP contribution in [-0.2, 0) is 11.3 Å². The number of amides is 1. The lowest BCUT2D eigenvalue weighted by Crippen LogP contribution is -2.36. The Hall–Kier alpha value is -2.54. The first kappa shape index (κ1) is 18.8. The molecule has 7 heteroatoms. The van der Waals surface area contributed by atoms with Crippen molar-refractivity contribution in [2.75, 3.05) is 6.54 Å². The molecule has 1 amide bonds. The van der Waals surface area contributed by atoms with Crippen LogP contribution in [0.1, 0.15) is 37.8 Å². The van der Waals surface area contributed by atoms with Gasteiger partial charge >= 0.3 is 0 Å². The summed E-state index contributed by atoms with van der Waals surface area (Å²) in [6.07, 6.45) is 6.12. The van der Waals surface area contributed by atoms with E-state index in [1.807, 2.05) is 37.3 Å². The summed E-state index contributed by atoms with van der Waals surface area (Å²) >= 11 is 1.46. The van der Waals surface area contributed by atoms with Crippen LogP contribution in [0.4, 0.5) is 0 Å². The normalized spacial score (nSPS) is 15.0. The van der Waals surface area contributed by atoms with Gasteiger partial charge in [-0.3, -0.25) is 9.59 Å². The van der Waals surface area contributed by atoms with Gasteiger partial charge in [-0.05, 0) is 25.7 Å². The molecule has 0 unspecified atom stereocenters. The lowest BCUT2D eigenvalue weighted by atomic mass is 9.89. The summed E-state index contributed by atoms with van der Waals surface area (Å²) in [5.41, 5.74) is 1.76. The Kier molecular flexibility index (Phi) is 5.52. The maximum atomic E-state index is 12.8. The van der Waals surface area contributed by atoms with Crippen molar-refractivity contribution in [3.05, 3.63) is 46.4 Å². The number of carbonyl (C=O) groups is 1. The van der Waals surface area contributed by atoms with Gasteiger partial charge in [0, 0.05) is 12.1 Å². The molecule has 6 nitrogen and oxygen atoms in total. The molecule has 1 aromatic carbocycles. The maximum absolute atomic E-state index is 12.8. The number of nitrogens with zero attached hydrogens (tertiary/aromatic N) is 3. The van der Waals surface area contributed by atoms with Crippen molar-refractivity contribution in [1.29, 1.82) is 0 Å². The highest BCUT2D eigenvalue weighted by molar-refractivity contribution is 7.21. The van der Waals surface area contributed by atoms with Crippen molar-refractivity contribution < 1.29 is 4.79 Å². The second kappa shape index (κ2) is 8.22. The van der Waals surface area contributed by atoms with Crippen molar-refractivity contribution in [3.8, 4) is 10.6 Å². The molecule has 0 radical (unpaired) electrons. The van der Waals surface area contributed by atoms with E-state index in [4.69, 9.17) is 0 Å². The monoisotopic (exact) mass is 396 g/mol. The Balaban J connectivity index is 1.53. The summed E-state index contributed by atoms with van der Waals surface area (Å²) in [5, 5.41) is 8.12. The van der Waals surface area contributed by atoms with E-state index in [1.54, 1.807) is 0 Å². The first-order valence-electron chi connectivity index (χ1n) is 9.82. The largest absolute Gasteiger partial charge is 0.354 e. The number of thiazole rings is 1. The van der Waals surface area contributed by atoms with Gasteiger partial charge in [-0.25, -0.2) is 9.67 Å². The second-order valence-corrected chi connectivity index (χ2v) is 8.42. The smallest absolute Gasteiger partial charge is 0.294 e. The molecule has 3 aromatic rings. The van der Waals surface area contributed by atoms with Gasteiger partial charge < -0.3 is 5.32 Å². The summed E-state index contributed by atoms with van der Waals surface area (Å²) in [4.78, 5) is 29.7. The third-order valence-corrected chi connectivity index (χ3v) is 6.50. The van der Waals surface area contributed by atoms with Gasteiger partial charge in [-0.15, -0.1) is 11.3 Å². The van der Waals surface area contributed by atoms with E-state index in [9.17, 15) is 9.59 Å². The van der Waals surface area contributed by atoms with Gasteiger partial charge in [0.15, 0.2) is 5.52 Å². The predicted molar refractivity (Wildman–Crippen MR) is 111 cm³/mol. The number of benzene rings is 1. The fourth-order valence-corrected chi connectivity index (χ4v) is 4.76. The number of aromatic nitrogens is 3. The lowest BCUT2D eigenvalue weighted by Gasteiger charge is -2.21. The number of fused-ring (bicyclic) bond motifs is 1. The first-order chi connectivity index (χ1) is 13.6. The van der Waals surface area contributed by atoms with Crippen LogP contribution in [0.25, 0.3) is 20.8 Å². The van der Waals surface area contributed by atoms with Crippen LogP contribution in [0.2, 0.25) is 0 Å². The van der Waals surface area contributed by atoms with E-state index in [0.29, 0.717) is 18.0 Å². The number of nitrogens with one attached hydrogen (secondary N) is 1. The average Bonchev–Trinajstić information content (AvgIpc) is 3.18. The highest BCUT2D eigenvalue weighted by atomic mass is 32.1. The predicted octanol–water partition coefficient (Wildman–Crippen LogP) is 3.52. The molecular weight excluding hydrogens is 372 g/mol. The van der Waals surface area contributed by atoms with Crippen LogP contribution in [0.15, 0.2) is 35.1 Å². The van der Waals surface area contributed by atoms with E-state index >= 15 is 0 Å². The van der Waals surface area contributed by atoms with E-state index in [1.165, 1.54) is 48.1 Å². The zero-order chi connectivity index (χ0) is 19.5. The Bertz CT molecular complexity index is 1040. The number of hydrogen-bond acceptors (Lipinski definition) is 5. The molecule has 28 heavy (non-hydrogen) atoms. The molecular formula is C21H24N4O2S. The number of hydrogen-bond donors (Lipinski definition) is 1. The molecule has 0 aliphatic heterocycles. The van der Waals surface area contributed by atoms with Crippen molar-refractivity contribution in [3.63, 3.8) is 0 Å². The molecule has 0 atom stereocenters. The maximum Gasteiger partial charge on any atom is 0.294 e. The minimum atomic E-state index is -0.313. The summed E-state index contributed by atoms with van der Waals surface area (Å²) in [6, 6.07) is 9.78. The molecule has 0 saturated heterocycles. The summed E-state index contributed by atoms with van der Waals surface area (Å²) in [7, 11) is 0. The molecule has 1 fully saturated rings. The molecule has 1 saturated carbocycles. The topological polar surface area (TPSA) is 76.9 Å². The number of carbonyl (C=O) groups excluding carboxylic acids is 1. The molecule has 1 aliphatic rings. The second-order valence-electron chi connectivity index (χ2n) is 7.42. The molecule has 2 aromatic heterocycles. The van der Waals surface area contributed by atoms with Gasteiger partial charge in [0.25, 0.3) is 5.56 Å². The summed E-state index contributed by atoms with van der Waals surface area (Å²) in [5.74, 6) is 0.385. The molecule has 4 rings (SSSR count). The minimum absolute atomic E-state index is 0.0689. The van der Waals surface area contributed by atoms with Crippen molar-refractivity contribution in [2.24, 2.45) is 5.92 Å². The van der Waals surface area contributed by atoms with Gasteiger partial charge in [-0.1, -0.05) is 49.6 Å². The van der Waals surface area contributed by atoms with Crippen LogP contribution < -0.4 is 10.9 Å². The quantitative estimate of drug-likeness (QED) is 0.716. The van der Waals surface area contributed by atoms with Crippen LogP contribution in [0.3, 0.4) is 0 Å². The van der Waals surface area contributed by atoms with Gasteiger partial charge in [-0.2, -0.15) is 5.10 Å². The molecule has 0 bridgehead atoms. The highest BCUT2D eigenvalue weighted by Gasteiger charge is 2.18. The van der Waals surface area contributed by atoms with Crippen molar-refractivity contribution in [1.82, 2.24) is 20.1 Å². The third-order valence-electron chi connectivity index (χ3n) is 5.29. The SMILES string of the molecule is Cc1nn(CC(=O)NCC2CCCCC2)c(=O)c2nc(-c3ccccc3)sc12. The van der Waals surface area contributed by atoms with Gasteiger partial charge in [0.2, 0.25) is 5.91 Å². The Morgan fingerprint density at radius 3 is 2.71 bits per heavy atom. The molecule has 2 heterocycles. The zero-order valence-corrected chi connectivity index (χ0v) is 16.8. The zero-order valence-electron chi connectivity index (χ0n) is 16.0. The van der Waals surface area contributed by atoms with Crippen LogP contribution in [0, 0.1) is 12.8 Å². The van der Waals surface area contributed by atoms with E-state index in [-0.39, 0.29) is 18.0 Å². The number of aryl methyl sites for hydroxylation is 1. The first-order valence-corrected chi connectivity index (χ1v) is 10.6. The third kappa shape index (κ3) is 3.99. The van der Waals surface area contributed by atoms with Crippen molar-refractivity contribution in [2.45, 2.75) is 45.6 Å². The van der Waals surface area contributed by atoms with Crippen LogP contribution >= 0.6 is 11.3 Å². The number of rotatable bonds is 5. The molecule has 1 aliphatic carbocycles. The van der Waals surface area contributed by atoms with Crippen molar-refractivity contribution >= 4 is 27.5 Å². The van der Waals surface area contributed by atoms with E-state index in [2.05, 4.69) is 15.4 Å². The molecule has 146 valence electrons. The average molecular weight is 397 g/mol. The fourth-order valence-electron chi connectivity index (χ4n) is 3.76. The van der Waals surface area contributed by atoms with E-state index < -0.39 is 0 Å². The fraction of sp³-hybridized carbons (Fsp3) is 0.429. The molecule has 0 spiro atoms. The van der Waals surface area contributed by atoms with Gasteiger partial charge in [0.05, 0.1) is 10.4 Å². The van der Waals surface area contributed by atoms with Crippen LogP contribution in [0.5, 0.6) is 0 Å². The minimum Gasteiger partial charge on any atom is -0.354 e. The Morgan fingerprint density at radius 1 is 1.21 bits per heavy atom. The van der Waals surface area contributed by atoms with Gasteiger partial charge in [0.1, 0.15) is 11.6 Å². The summed E-state index contributed by atoms with van der Waals surface area (Å²) < 4.78 is 2.02. The van der Waals surface area contributed by atoms with E-state index in [0.717, 1.165) is 21.0 Å².